The number of amides is 1. The zero-order valence-corrected chi connectivity index (χ0v) is 20.4. The molecule has 1 aromatic carbocycles. The van der Waals surface area contributed by atoms with E-state index in [0.717, 1.165) is 32.2 Å². The van der Waals surface area contributed by atoms with E-state index in [9.17, 15) is 13.2 Å². The van der Waals surface area contributed by atoms with Gasteiger partial charge in [-0.15, -0.1) is 0 Å². The quantitative estimate of drug-likeness (QED) is 0.600. The van der Waals surface area contributed by atoms with Gasteiger partial charge in [-0.25, -0.2) is 18.1 Å². The van der Waals surface area contributed by atoms with Crippen LogP contribution >= 0.6 is 0 Å². The molecule has 0 unspecified atom stereocenters. The molecule has 1 spiro atoms. The summed E-state index contributed by atoms with van der Waals surface area (Å²) in [5.41, 5.74) is 1.41. The largest absolute Gasteiger partial charge is 0.342 e. The van der Waals surface area contributed by atoms with Crippen LogP contribution in [0.25, 0.3) is 0 Å². The lowest BCUT2D eigenvalue weighted by Gasteiger charge is -2.48. The highest BCUT2D eigenvalue weighted by atomic mass is 32.2. The van der Waals surface area contributed by atoms with Crippen LogP contribution in [0.5, 0.6) is 0 Å². The van der Waals surface area contributed by atoms with Crippen molar-refractivity contribution in [3.05, 3.63) is 60.3 Å². The lowest BCUT2D eigenvalue weighted by Crippen LogP contribution is -2.47. The molecule has 0 bridgehead atoms. The Kier molecular flexibility index (Phi) is 6.88. The highest BCUT2D eigenvalue weighted by Crippen LogP contribution is 2.52. The summed E-state index contributed by atoms with van der Waals surface area (Å²) in [7, 11) is 0.698. The molecule has 1 aromatic heterocycles. The molecule has 1 aliphatic heterocycles. The van der Waals surface area contributed by atoms with Crippen molar-refractivity contribution in [2.45, 2.75) is 49.1 Å². The van der Waals surface area contributed by atoms with Crippen molar-refractivity contribution < 1.29 is 13.2 Å². The number of nitrogens with one attached hydrogen (secondary N) is 1. The minimum atomic E-state index is -3.61. The van der Waals surface area contributed by atoms with Gasteiger partial charge in [0.15, 0.2) is 5.03 Å². The molecule has 0 atom stereocenters. The minimum Gasteiger partial charge on any atom is -0.342 e. The van der Waals surface area contributed by atoms with Gasteiger partial charge in [-0.2, -0.15) is 0 Å². The van der Waals surface area contributed by atoms with Crippen LogP contribution in [0.3, 0.4) is 0 Å². The molecular weight excluding hydrogens is 436 g/mol. The van der Waals surface area contributed by atoms with Crippen LogP contribution in [-0.2, 0) is 20.4 Å². The van der Waals surface area contributed by atoms with Crippen molar-refractivity contribution in [3.8, 4) is 0 Å². The second kappa shape index (κ2) is 9.52. The predicted molar refractivity (Wildman–Crippen MR) is 128 cm³/mol. The third-order valence-electron chi connectivity index (χ3n) is 7.52. The summed E-state index contributed by atoms with van der Waals surface area (Å²) in [5.74, 6) is 0.194. The molecule has 7 nitrogen and oxygen atoms in total. The Labute approximate surface area is 197 Å². The first-order valence-corrected chi connectivity index (χ1v) is 13.2. The van der Waals surface area contributed by atoms with E-state index < -0.39 is 10.0 Å². The second-order valence-corrected chi connectivity index (χ2v) is 11.4. The Balaban J connectivity index is 1.31. The standard InChI is InChI=1S/C25H34N4O3S/c1-28(2)25(21-9-4-3-5-10-21)14-12-24(13-15-25)19-23(30)29(20-24)18-8-17-27-33(31,32)22-11-6-7-16-26-22/h3-7,9-11,16,27H,8,12-15,17-20H2,1-2H3/t24-,25-. The van der Waals surface area contributed by atoms with Gasteiger partial charge in [0, 0.05) is 37.8 Å². The average molecular weight is 471 g/mol. The number of carbonyl (C=O) groups excluding carboxylic acids is 1. The van der Waals surface area contributed by atoms with Crippen molar-refractivity contribution in [2.75, 3.05) is 33.7 Å². The molecule has 1 N–H and O–H groups in total. The number of rotatable bonds is 8. The lowest BCUT2D eigenvalue weighted by molar-refractivity contribution is -0.127. The van der Waals surface area contributed by atoms with Gasteiger partial charge in [0.25, 0.3) is 10.0 Å². The Morgan fingerprint density at radius 1 is 1.03 bits per heavy atom. The smallest absolute Gasteiger partial charge is 0.258 e. The summed E-state index contributed by atoms with van der Waals surface area (Å²) in [5, 5.41) is 0.0196. The maximum absolute atomic E-state index is 12.8. The third kappa shape index (κ3) is 4.98. The number of pyridine rings is 1. The molecular formula is C25H34N4O3S. The monoisotopic (exact) mass is 470 g/mol. The van der Waals surface area contributed by atoms with Crippen LogP contribution in [0.2, 0.25) is 0 Å². The first-order chi connectivity index (χ1) is 15.8. The molecule has 4 rings (SSSR count). The van der Waals surface area contributed by atoms with Crippen molar-refractivity contribution in [1.82, 2.24) is 19.5 Å². The molecule has 1 amide bonds. The van der Waals surface area contributed by atoms with Gasteiger partial charge in [0.1, 0.15) is 0 Å². The molecule has 2 heterocycles. The molecule has 2 fully saturated rings. The van der Waals surface area contributed by atoms with E-state index in [2.05, 4.69) is 59.0 Å². The number of likely N-dealkylation sites (tertiary alicyclic amines) is 1. The summed E-state index contributed by atoms with van der Waals surface area (Å²) in [4.78, 5) is 21.0. The van der Waals surface area contributed by atoms with E-state index in [1.165, 1.54) is 17.8 Å². The van der Waals surface area contributed by atoms with Crippen molar-refractivity contribution >= 4 is 15.9 Å². The summed E-state index contributed by atoms with van der Waals surface area (Å²) in [6.07, 6.45) is 6.77. The summed E-state index contributed by atoms with van der Waals surface area (Å²) in [6.45, 7) is 1.63. The zero-order valence-electron chi connectivity index (χ0n) is 19.5. The van der Waals surface area contributed by atoms with Gasteiger partial charge < -0.3 is 4.90 Å². The Morgan fingerprint density at radius 2 is 1.73 bits per heavy atom. The van der Waals surface area contributed by atoms with E-state index in [1.807, 2.05) is 4.90 Å². The first-order valence-electron chi connectivity index (χ1n) is 11.7. The van der Waals surface area contributed by atoms with Crippen LogP contribution in [0.15, 0.2) is 59.8 Å². The predicted octanol–water partition coefficient (Wildman–Crippen LogP) is 3.00. The van der Waals surface area contributed by atoms with E-state index in [0.29, 0.717) is 19.4 Å². The van der Waals surface area contributed by atoms with Gasteiger partial charge >= 0.3 is 0 Å². The number of benzene rings is 1. The third-order valence-corrected chi connectivity index (χ3v) is 8.90. The molecule has 178 valence electrons. The fourth-order valence-corrected chi connectivity index (χ4v) is 6.53. The first kappa shape index (κ1) is 23.9. The van der Waals surface area contributed by atoms with Crippen molar-refractivity contribution in [1.29, 1.82) is 0 Å². The molecule has 8 heteroatoms. The Hall–Kier alpha value is -2.29. The molecule has 1 aliphatic carbocycles. The summed E-state index contributed by atoms with van der Waals surface area (Å²) in [6, 6.07) is 15.5. The maximum Gasteiger partial charge on any atom is 0.258 e. The summed E-state index contributed by atoms with van der Waals surface area (Å²) >= 11 is 0. The highest BCUT2D eigenvalue weighted by Gasteiger charge is 2.49. The normalized spacial score (nSPS) is 25.8. The topological polar surface area (TPSA) is 82.6 Å². The summed E-state index contributed by atoms with van der Waals surface area (Å²) < 4.78 is 27.2. The number of hydrogen-bond acceptors (Lipinski definition) is 5. The molecule has 33 heavy (non-hydrogen) atoms. The van der Waals surface area contributed by atoms with Crippen LogP contribution in [0.4, 0.5) is 0 Å². The lowest BCUT2D eigenvalue weighted by atomic mass is 9.64. The van der Waals surface area contributed by atoms with Crippen LogP contribution < -0.4 is 4.72 Å². The fraction of sp³-hybridized carbons (Fsp3) is 0.520. The highest BCUT2D eigenvalue weighted by molar-refractivity contribution is 7.89. The van der Waals surface area contributed by atoms with E-state index >= 15 is 0 Å². The number of nitrogens with zero attached hydrogens (tertiary/aromatic N) is 3. The van der Waals surface area contributed by atoms with Crippen molar-refractivity contribution in [2.24, 2.45) is 5.41 Å². The minimum absolute atomic E-state index is 0.0196. The molecule has 0 radical (unpaired) electrons. The Bertz CT molecular complexity index is 1050. The van der Waals surface area contributed by atoms with Crippen LogP contribution in [-0.4, -0.2) is 62.8 Å². The number of hydrogen-bond donors (Lipinski definition) is 1. The zero-order chi connectivity index (χ0) is 23.5. The van der Waals surface area contributed by atoms with E-state index in [-0.39, 0.29) is 28.4 Å². The Morgan fingerprint density at radius 3 is 2.36 bits per heavy atom. The molecule has 1 saturated heterocycles. The van der Waals surface area contributed by atoms with Gasteiger partial charge in [0.05, 0.1) is 0 Å². The van der Waals surface area contributed by atoms with Gasteiger partial charge in [-0.3, -0.25) is 9.69 Å². The number of sulfonamides is 1. The second-order valence-electron chi connectivity index (χ2n) is 9.70. The van der Waals surface area contributed by atoms with Gasteiger partial charge in [-0.05, 0) is 69.3 Å². The number of carbonyl (C=O) groups is 1. The van der Waals surface area contributed by atoms with Gasteiger partial charge in [0.2, 0.25) is 5.91 Å². The van der Waals surface area contributed by atoms with Crippen molar-refractivity contribution in [3.63, 3.8) is 0 Å². The maximum atomic E-state index is 12.8. The SMILES string of the molecule is CN(C)[C@]1(c2ccccc2)CC[C@@]2(CC1)CC(=O)N(CCCNS(=O)(=O)c1ccccn1)C2. The molecule has 1 saturated carbocycles. The van der Waals surface area contributed by atoms with Crippen LogP contribution in [0, 0.1) is 5.41 Å². The van der Waals surface area contributed by atoms with Crippen LogP contribution in [0.1, 0.15) is 44.1 Å². The molecule has 2 aromatic rings. The van der Waals surface area contributed by atoms with Gasteiger partial charge in [-0.1, -0.05) is 36.4 Å². The van der Waals surface area contributed by atoms with E-state index in [1.54, 1.807) is 12.1 Å². The molecule has 2 aliphatic rings. The van der Waals surface area contributed by atoms with E-state index in [4.69, 9.17) is 0 Å². The average Bonchev–Trinajstić information content (AvgIpc) is 3.13. The fourth-order valence-electron chi connectivity index (χ4n) is 5.51. The number of aromatic nitrogens is 1.